The van der Waals surface area contributed by atoms with Crippen molar-refractivity contribution in [3.8, 4) is 0 Å². The number of nitrogens with zero attached hydrogens (tertiary/aromatic N) is 2. The molecule has 0 saturated carbocycles. The van der Waals surface area contributed by atoms with Gasteiger partial charge in [0.1, 0.15) is 5.82 Å². The van der Waals surface area contributed by atoms with E-state index in [9.17, 15) is 14.0 Å². The third kappa shape index (κ3) is 4.71. The number of aromatic nitrogens is 1. The lowest BCUT2D eigenvalue weighted by molar-refractivity contribution is -0.123. The number of fused-ring (bicyclic) bond motifs is 1. The maximum Gasteiger partial charge on any atom is 0.293 e. The van der Waals surface area contributed by atoms with Crippen molar-refractivity contribution >= 4 is 74.7 Å². The zero-order chi connectivity index (χ0) is 24.7. The summed E-state index contributed by atoms with van der Waals surface area (Å²) >= 11 is 19.3. The predicted molar refractivity (Wildman–Crippen MR) is 140 cm³/mol. The van der Waals surface area contributed by atoms with Crippen LogP contribution < -0.4 is 0 Å². The molecule has 1 fully saturated rings. The van der Waals surface area contributed by atoms with Gasteiger partial charge < -0.3 is 4.57 Å². The van der Waals surface area contributed by atoms with Crippen LogP contribution in [-0.2, 0) is 17.9 Å². The van der Waals surface area contributed by atoms with Gasteiger partial charge in [-0.2, -0.15) is 0 Å². The van der Waals surface area contributed by atoms with Gasteiger partial charge in [-0.3, -0.25) is 14.5 Å². The van der Waals surface area contributed by atoms with Crippen LogP contribution in [0.15, 0.2) is 71.8 Å². The highest BCUT2D eigenvalue weighted by Crippen LogP contribution is 2.36. The monoisotopic (exact) mass is 544 g/mol. The number of carbonyl (C=O) groups excluding carboxylic acids is 2. The van der Waals surface area contributed by atoms with Gasteiger partial charge in [0.15, 0.2) is 0 Å². The number of para-hydroxylation sites is 1. The predicted octanol–water partition coefficient (Wildman–Crippen LogP) is 8.03. The molecule has 35 heavy (non-hydrogen) atoms. The Balaban J connectivity index is 1.48. The summed E-state index contributed by atoms with van der Waals surface area (Å²) in [6.45, 7) is 0.266. The Bertz CT molecular complexity index is 1510. The molecule has 5 rings (SSSR count). The average Bonchev–Trinajstić information content (AvgIpc) is 3.30. The van der Waals surface area contributed by atoms with Gasteiger partial charge in [0.2, 0.25) is 0 Å². The zero-order valence-corrected chi connectivity index (χ0v) is 21.1. The molecule has 4 aromatic rings. The Hall–Kier alpha value is -2.77. The third-order valence-corrected chi connectivity index (χ3v) is 7.56. The van der Waals surface area contributed by atoms with E-state index in [1.54, 1.807) is 18.2 Å². The van der Waals surface area contributed by atoms with Crippen molar-refractivity contribution in [3.05, 3.63) is 109 Å². The van der Waals surface area contributed by atoms with Gasteiger partial charge in [-0.25, -0.2) is 4.39 Å². The normalized spacial score (nSPS) is 15.1. The first-order valence-electron chi connectivity index (χ1n) is 10.5. The van der Waals surface area contributed by atoms with Crippen LogP contribution in [0.3, 0.4) is 0 Å². The minimum atomic E-state index is -0.565. The molecule has 176 valence electrons. The van der Waals surface area contributed by atoms with Crippen molar-refractivity contribution in [2.75, 3.05) is 0 Å². The quantitative estimate of drug-likeness (QED) is 0.238. The van der Waals surface area contributed by atoms with Crippen molar-refractivity contribution in [1.82, 2.24) is 9.47 Å². The molecule has 0 N–H and O–H groups in total. The molecule has 1 saturated heterocycles. The van der Waals surface area contributed by atoms with Crippen LogP contribution in [0.2, 0.25) is 15.1 Å². The summed E-state index contributed by atoms with van der Waals surface area (Å²) in [7, 11) is 0. The van der Waals surface area contributed by atoms with E-state index in [2.05, 4.69) is 0 Å². The van der Waals surface area contributed by atoms with E-state index in [0.29, 0.717) is 16.6 Å². The third-order valence-electron chi connectivity index (χ3n) is 5.71. The topological polar surface area (TPSA) is 42.3 Å². The summed E-state index contributed by atoms with van der Waals surface area (Å²) in [5.74, 6) is -1.05. The number of hydrogen-bond acceptors (Lipinski definition) is 3. The molecule has 0 radical (unpaired) electrons. The molecule has 0 aliphatic carbocycles. The van der Waals surface area contributed by atoms with Crippen molar-refractivity contribution in [3.63, 3.8) is 0 Å². The minimum Gasteiger partial charge on any atom is -0.342 e. The van der Waals surface area contributed by atoms with Crippen LogP contribution >= 0.6 is 46.6 Å². The fourth-order valence-corrected chi connectivity index (χ4v) is 5.49. The van der Waals surface area contributed by atoms with E-state index in [0.717, 1.165) is 38.7 Å². The first-order chi connectivity index (χ1) is 16.8. The molecule has 1 aliphatic rings. The Morgan fingerprint density at radius 1 is 0.914 bits per heavy atom. The molecule has 1 aliphatic heterocycles. The Morgan fingerprint density at radius 2 is 1.71 bits per heavy atom. The number of halogens is 4. The lowest BCUT2D eigenvalue weighted by Crippen LogP contribution is -2.28. The maximum absolute atomic E-state index is 14.2. The molecule has 2 amide bonds. The fraction of sp³-hybridized carbons (Fsp3) is 0.0769. The summed E-state index contributed by atoms with van der Waals surface area (Å²) < 4.78 is 16.3. The van der Waals surface area contributed by atoms with Crippen molar-refractivity contribution in [2.45, 2.75) is 13.1 Å². The Morgan fingerprint density at radius 3 is 2.49 bits per heavy atom. The lowest BCUT2D eigenvalue weighted by atomic mass is 10.1. The number of rotatable bonds is 5. The zero-order valence-electron chi connectivity index (χ0n) is 18.0. The minimum absolute atomic E-state index is 0.106. The van der Waals surface area contributed by atoms with Gasteiger partial charge >= 0.3 is 0 Å². The molecular formula is C26H16Cl3FN2O2S. The molecule has 0 spiro atoms. The molecule has 1 aromatic heterocycles. The molecule has 3 aromatic carbocycles. The summed E-state index contributed by atoms with van der Waals surface area (Å²) in [6.07, 6.45) is 3.60. The van der Waals surface area contributed by atoms with Gasteiger partial charge in [-0.05, 0) is 53.7 Å². The molecule has 0 atom stereocenters. The van der Waals surface area contributed by atoms with E-state index in [4.69, 9.17) is 34.8 Å². The van der Waals surface area contributed by atoms with E-state index < -0.39 is 17.0 Å². The van der Waals surface area contributed by atoms with Crippen molar-refractivity contribution in [2.24, 2.45) is 0 Å². The highest BCUT2D eigenvalue weighted by atomic mass is 35.5. The van der Waals surface area contributed by atoms with E-state index >= 15 is 0 Å². The molecule has 0 unspecified atom stereocenters. The number of imide groups is 1. The van der Waals surface area contributed by atoms with Crippen LogP contribution in [0, 0.1) is 5.82 Å². The number of amides is 2. The molecule has 4 nitrogen and oxygen atoms in total. The van der Waals surface area contributed by atoms with Crippen molar-refractivity contribution < 1.29 is 14.0 Å². The largest absolute Gasteiger partial charge is 0.342 e. The second-order valence-electron chi connectivity index (χ2n) is 7.93. The van der Waals surface area contributed by atoms with Crippen LogP contribution in [0.25, 0.3) is 17.0 Å². The van der Waals surface area contributed by atoms with Gasteiger partial charge in [-0.15, -0.1) is 0 Å². The summed E-state index contributed by atoms with van der Waals surface area (Å²) in [4.78, 5) is 27.0. The molecule has 2 heterocycles. The second kappa shape index (κ2) is 9.70. The van der Waals surface area contributed by atoms with E-state index in [1.807, 2.05) is 41.1 Å². The average molecular weight is 546 g/mol. The van der Waals surface area contributed by atoms with Gasteiger partial charge in [0.05, 0.1) is 11.4 Å². The molecular weight excluding hydrogens is 530 g/mol. The fourth-order valence-electron chi connectivity index (χ4n) is 3.97. The summed E-state index contributed by atoms with van der Waals surface area (Å²) in [5, 5.41) is 1.73. The highest BCUT2D eigenvalue weighted by molar-refractivity contribution is 8.18. The number of thioether (sulfide) groups is 1. The summed E-state index contributed by atoms with van der Waals surface area (Å²) in [6, 6.07) is 17.4. The smallest absolute Gasteiger partial charge is 0.293 e. The number of hydrogen-bond donors (Lipinski definition) is 0. The van der Waals surface area contributed by atoms with E-state index in [1.165, 1.54) is 18.2 Å². The summed E-state index contributed by atoms with van der Waals surface area (Å²) in [5.41, 5.74) is 2.72. The maximum atomic E-state index is 14.2. The number of benzene rings is 3. The van der Waals surface area contributed by atoms with Gasteiger partial charge in [0, 0.05) is 49.8 Å². The number of carbonyl (C=O) groups is 2. The SMILES string of the molecule is O=C1SC(=Cc2cn(Cc3ccc(Cl)cc3Cl)c3ccccc23)C(=O)N1Cc1c(F)cccc1Cl. The van der Waals surface area contributed by atoms with Crippen LogP contribution in [0.5, 0.6) is 0 Å². The highest BCUT2D eigenvalue weighted by Gasteiger charge is 2.36. The van der Waals surface area contributed by atoms with E-state index in [-0.39, 0.29) is 22.0 Å². The Labute approximate surface area is 219 Å². The second-order valence-corrected chi connectivity index (χ2v) is 10.2. The first-order valence-corrected chi connectivity index (χ1v) is 12.5. The van der Waals surface area contributed by atoms with Crippen LogP contribution in [0.4, 0.5) is 9.18 Å². The lowest BCUT2D eigenvalue weighted by Gasteiger charge is -2.14. The van der Waals surface area contributed by atoms with Crippen molar-refractivity contribution in [1.29, 1.82) is 0 Å². The Kier molecular flexibility index (Phi) is 6.64. The van der Waals surface area contributed by atoms with Crippen LogP contribution in [-0.4, -0.2) is 20.6 Å². The van der Waals surface area contributed by atoms with Crippen LogP contribution in [0.1, 0.15) is 16.7 Å². The molecule has 0 bridgehead atoms. The standard InChI is InChI=1S/C26H16Cl3FN2O2S/c27-17-9-8-15(21(29)11-17)12-31-13-16(18-4-1-2-7-23(18)31)10-24-25(33)32(26(34)35-24)14-19-20(28)5-3-6-22(19)30/h1-11,13H,12,14H2. The van der Waals surface area contributed by atoms with Gasteiger partial charge in [0.25, 0.3) is 11.1 Å². The first kappa shape index (κ1) is 23.9. The van der Waals surface area contributed by atoms with Gasteiger partial charge in [-0.1, -0.05) is 65.1 Å². The molecule has 9 heteroatoms.